The Labute approximate surface area is 127 Å². The Hall–Kier alpha value is -1.26. The Bertz CT molecular complexity index is 635. The van der Waals surface area contributed by atoms with Gasteiger partial charge in [0.1, 0.15) is 0 Å². The summed E-state index contributed by atoms with van der Waals surface area (Å²) in [6.45, 7) is 0. The molecule has 0 amide bonds. The number of nitrogens with two attached hydrogens (primary N) is 1. The highest BCUT2D eigenvalue weighted by atomic mass is 127. The van der Waals surface area contributed by atoms with E-state index in [1.165, 1.54) is 0 Å². The van der Waals surface area contributed by atoms with Crippen molar-refractivity contribution in [3.8, 4) is 6.07 Å². The molecule has 0 heterocycles. The van der Waals surface area contributed by atoms with Crippen molar-refractivity contribution in [2.45, 2.75) is 0 Å². The molecule has 0 radical (unpaired) electrons. The van der Waals surface area contributed by atoms with Gasteiger partial charge in [0.05, 0.1) is 28.7 Å². The summed E-state index contributed by atoms with van der Waals surface area (Å²) in [5.74, 6) is 0. The molecule has 0 atom stereocenters. The number of hydrogen-bond acceptors (Lipinski definition) is 3. The van der Waals surface area contributed by atoms with Crippen molar-refractivity contribution >= 4 is 55.6 Å². The maximum Gasteiger partial charge on any atom is 0.0992 e. The third kappa shape index (κ3) is 2.94. The van der Waals surface area contributed by atoms with Crippen LogP contribution >= 0.6 is 38.5 Å². The van der Waals surface area contributed by atoms with Gasteiger partial charge in [0.25, 0.3) is 0 Å². The molecule has 5 heteroatoms. The van der Waals surface area contributed by atoms with E-state index in [0.29, 0.717) is 11.3 Å². The van der Waals surface area contributed by atoms with Crippen LogP contribution in [0.15, 0.2) is 40.9 Å². The second-order valence-corrected chi connectivity index (χ2v) is 5.76. The van der Waals surface area contributed by atoms with E-state index in [1.807, 2.05) is 24.3 Å². The number of halogens is 2. The highest BCUT2D eigenvalue weighted by molar-refractivity contribution is 14.1. The van der Waals surface area contributed by atoms with Gasteiger partial charge in [0.2, 0.25) is 0 Å². The van der Waals surface area contributed by atoms with Gasteiger partial charge >= 0.3 is 0 Å². The van der Waals surface area contributed by atoms with Crippen molar-refractivity contribution < 1.29 is 0 Å². The minimum absolute atomic E-state index is 0.614. The zero-order chi connectivity index (χ0) is 13.1. The van der Waals surface area contributed by atoms with Gasteiger partial charge in [-0.15, -0.1) is 0 Å². The lowest BCUT2D eigenvalue weighted by Gasteiger charge is -2.11. The lowest BCUT2D eigenvalue weighted by Crippen LogP contribution is -1.97. The van der Waals surface area contributed by atoms with Crippen molar-refractivity contribution in [2.75, 3.05) is 11.1 Å². The van der Waals surface area contributed by atoms with Crippen LogP contribution in [0.3, 0.4) is 0 Å². The summed E-state index contributed by atoms with van der Waals surface area (Å²) in [4.78, 5) is 0. The van der Waals surface area contributed by atoms with Gasteiger partial charge < -0.3 is 11.1 Å². The van der Waals surface area contributed by atoms with Gasteiger partial charge in [-0.25, -0.2) is 0 Å². The summed E-state index contributed by atoms with van der Waals surface area (Å²) in [5.41, 5.74) is 8.97. The largest absolute Gasteiger partial charge is 0.397 e. The lowest BCUT2D eigenvalue weighted by molar-refractivity contribution is 1.46. The highest BCUT2D eigenvalue weighted by Crippen LogP contribution is 2.30. The normalized spacial score (nSPS) is 9.83. The third-order valence-corrected chi connectivity index (χ3v) is 3.71. The van der Waals surface area contributed by atoms with Crippen molar-refractivity contribution in [2.24, 2.45) is 0 Å². The molecule has 0 bridgehead atoms. The van der Waals surface area contributed by atoms with Crippen LogP contribution in [-0.4, -0.2) is 0 Å². The average Bonchev–Trinajstić information content (AvgIpc) is 2.34. The first-order chi connectivity index (χ1) is 8.60. The molecule has 0 aliphatic carbocycles. The maximum absolute atomic E-state index is 8.81. The van der Waals surface area contributed by atoms with E-state index in [4.69, 9.17) is 11.0 Å². The second-order valence-electron chi connectivity index (χ2n) is 3.66. The van der Waals surface area contributed by atoms with Crippen molar-refractivity contribution in [1.29, 1.82) is 5.26 Å². The Morgan fingerprint density at radius 2 is 1.89 bits per heavy atom. The molecule has 0 aromatic heterocycles. The van der Waals surface area contributed by atoms with E-state index in [-0.39, 0.29) is 0 Å². The number of benzene rings is 2. The van der Waals surface area contributed by atoms with Crippen LogP contribution in [0.4, 0.5) is 17.1 Å². The van der Waals surface area contributed by atoms with Crippen LogP contribution in [0.1, 0.15) is 5.56 Å². The van der Waals surface area contributed by atoms with Crippen LogP contribution in [0.2, 0.25) is 0 Å². The van der Waals surface area contributed by atoms with Crippen LogP contribution in [0.5, 0.6) is 0 Å². The summed E-state index contributed by atoms with van der Waals surface area (Å²) < 4.78 is 1.93. The Kier molecular flexibility index (Phi) is 4.09. The number of nitriles is 1. The van der Waals surface area contributed by atoms with E-state index in [0.717, 1.165) is 19.4 Å². The number of hydrogen-bond donors (Lipinski definition) is 2. The molecule has 0 spiro atoms. The fourth-order valence-electron chi connectivity index (χ4n) is 1.48. The molecule has 0 unspecified atom stereocenters. The molecule has 0 aliphatic heterocycles. The molecule has 0 fully saturated rings. The van der Waals surface area contributed by atoms with Gasteiger partial charge in [-0.1, -0.05) is 0 Å². The second kappa shape index (κ2) is 5.59. The Morgan fingerprint density at radius 1 is 1.17 bits per heavy atom. The van der Waals surface area contributed by atoms with Crippen LogP contribution < -0.4 is 11.1 Å². The first-order valence-electron chi connectivity index (χ1n) is 5.12. The molecule has 18 heavy (non-hydrogen) atoms. The number of nitrogen functional groups attached to an aromatic ring is 1. The molecule has 2 rings (SSSR count). The maximum atomic E-state index is 8.81. The lowest BCUT2D eigenvalue weighted by atomic mass is 10.2. The van der Waals surface area contributed by atoms with Crippen molar-refractivity contribution in [3.05, 3.63) is 50.0 Å². The Balaban J connectivity index is 2.32. The highest BCUT2D eigenvalue weighted by Gasteiger charge is 2.04. The molecule has 0 saturated carbocycles. The molecule has 90 valence electrons. The number of nitrogens with zero attached hydrogens (tertiary/aromatic N) is 1. The van der Waals surface area contributed by atoms with E-state index in [2.05, 4.69) is 49.9 Å². The first-order valence-corrected chi connectivity index (χ1v) is 6.99. The van der Waals surface area contributed by atoms with Crippen LogP contribution in [0, 0.1) is 14.9 Å². The smallest absolute Gasteiger partial charge is 0.0992 e. The van der Waals surface area contributed by atoms with E-state index < -0.39 is 0 Å². The summed E-state index contributed by atoms with van der Waals surface area (Å²) in [7, 11) is 0. The SMILES string of the molecule is N#Cc1ccc(Nc2ccc(I)cc2N)c(Br)c1. The van der Waals surface area contributed by atoms with Gasteiger partial charge in [-0.2, -0.15) is 5.26 Å². The van der Waals surface area contributed by atoms with E-state index >= 15 is 0 Å². The van der Waals surface area contributed by atoms with Gasteiger partial charge in [-0.3, -0.25) is 0 Å². The number of rotatable bonds is 2. The summed E-state index contributed by atoms with van der Waals surface area (Å²) in [5, 5.41) is 12.0. The Morgan fingerprint density at radius 3 is 2.50 bits per heavy atom. The molecule has 0 aliphatic rings. The summed E-state index contributed by atoms with van der Waals surface area (Å²) in [6.07, 6.45) is 0. The van der Waals surface area contributed by atoms with Crippen molar-refractivity contribution in [3.63, 3.8) is 0 Å². The third-order valence-electron chi connectivity index (χ3n) is 2.38. The minimum atomic E-state index is 0.614. The van der Waals surface area contributed by atoms with Gasteiger partial charge in [-0.05, 0) is 74.9 Å². The zero-order valence-electron chi connectivity index (χ0n) is 9.24. The molecular formula is C13H9BrIN3. The van der Waals surface area contributed by atoms with Crippen LogP contribution in [0.25, 0.3) is 0 Å². The monoisotopic (exact) mass is 413 g/mol. The first kappa shape index (κ1) is 13.2. The summed E-state index contributed by atoms with van der Waals surface area (Å²) >= 11 is 5.64. The zero-order valence-corrected chi connectivity index (χ0v) is 13.0. The predicted molar refractivity (Wildman–Crippen MR) is 85.7 cm³/mol. The number of anilines is 3. The summed E-state index contributed by atoms with van der Waals surface area (Å²) in [6, 6.07) is 13.3. The predicted octanol–water partition coefficient (Wildman–Crippen LogP) is 4.25. The van der Waals surface area contributed by atoms with E-state index in [9.17, 15) is 0 Å². The quantitative estimate of drug-likeness (QED) is 0.571. The molecule has 2 aromatic rings. The molecular weight excluding hydrogens is 405 g/mol. The fourth-order valence-corrected chi connectivity index (χ4v) is 2.47. The molecule has 0 saturated heterocycles. The van der Waals surface area contributed by atoms with Gasteiger partial charge in [0, 0.05) is 8.04 Å². The molecule has 2 aromatic carbocycles. The van der Waals surface area contributed by atoms with Crippen LogP contribution in [-0.2, 0) is 0 Å². The topological polar surface area (TPSA) is 61.8 Å². The van der Waals surface area contributed by atoms with Crippen molar-refractivity contribution in [1.82, 2.24) is 0 Å². The fraction of sp³-hybridized carbons (Fsp3) is 0. The molecule has 3 N–H and O–H groups in total. The number of nitrogens with one attached hydrogen (secondary N) is 1. The van der Waals surface area contributed by atoms with Gasteiger partial charge in [0.15, 0.2) is 0 Å². The average molecular weight is 414 g/mol. The standard InChI is InChI=1S/C13H9BrIN3/c14-10-5-8(7-16)1-3-12(10)18-13-4-2-9(15)6-11(13)17/h1-6,18H,17H2. The minimum Gasteiger partial charge on any atom is -0.397 e. The van der Waals surface area contributed by atoms with E-state index in [1.54, 1.807) is 12.1 Å². The molecule has 3 nitrogen and oxygen atoms in total.